The van der Waals surface area contributed by atoms with Crippen LogP contribution >= 0.6 is 0 Å². The van der Waals surface area contributed by atoms with Gasteiger partial charge in [0.2, 0.25) is 0 Å². The molecular weight excluding hydrogens is 302 g/mol. The number of aryl methyl sites for hydroxylation is 1. The molecular formula is C18H21N5O. The maximum atomic E-state index is 10.4. The Morgan fingerprint density at radius 2 is 1.88 bits per heavy atom. The zero-order chi connectivity index (χ0) is 16.9. The largest absolute Gasteiger partial charge is 0.387 e. The van der Waals surface area contributed by atoms with Gasteiger partial charge in [-0.3, -0.25) is 0 Å². The molecule has 0 fully saturated rings. The lowest BCUT2D eigenvalue weighted by atomic mass is 10.0. The second kappa shape index (κ2) is 7.33. The summed E-state index contributed by atoms with van der Waals surface area (Å²) in [7, 11) is 0. The lowest BCUT2D eigenvalue weighted by Gasteiger charge is -2.19. The van der Waals surface area contributed by atoms with Crippen LogP contribution in [0.25, 0.3) is 5.69 Å². The minimum Gasteiger partial charge on any atom is -0.387 e. The van der Waals surface area contributed by atoms with Gasteiger partial charge in [0.05, 0.1) is 11.8 Å². The lowest BCUT2D eigenvalue weighted by Crippen LogP contribution is -2.25. The minimum absolute atomic E-state index is 0.131. The molecule has 0 radical (unpaired) electrons. The van der Waals surface area contributed by atoms with Crippen molar-refractivity contribution in [2.45, 2.75) is 26.0 Å². The fraction of sp³-hybridized carbons (Fsp3) is 0.278. The summed E-state index contributed by atoms with van der Waals surface area (Å²) in [6.07, 6.45) is 1.05. The van der Waals surface area contributed by atoms with Crippen LogP contribution < -0.4 is 5.32 Å². The molecule has 1 aromatic heterocycles. The summed E-state index contributed by atoms with van der Waals surface area (Å²) in [5, 5.41) is 24.9. The Kier molecular flexibility index (Phi) is 4.98. The van der Waals surface area contributed by atoms with Gasteiger partial charge in [0.15, 0.2) is 0 Å². The number of rotatable bonds is 6. The molecule has 3 aromatic rings. The van der Waals surface area contributed by atoms with Gasteiger partial charge in [-0.1, -0.05) is 36.4 Å². The minimum atomic E-state index is -0.519. The highest BCUT2D eigenvalue weighted by Crippen LogP contribution is 2.19. The first-order valence-corrected chi connectivity index (χ1v) is 7.95. The van der Waals surface area contributed by atoms with Crippen molar-refractivity contribution >= 4 is 0 Å². The first-order chi connectivity index (χ1) is 11.6. The second-order valence-electron chi connectivity index (χ2n) is 5.85. The predicted octanol–water partition coefficient (Wildman–Crippen LogP) is 2.35. The van der Waals surface area contributed by atoms with Gasteiger partial charge in [-0.05, 0) is 53.1 Å². The molecule has 0 aliphatic heterocycles. The smallest absolute Gasteiger partial charge is 0.143 e. The molecule has 0 amide bonds. The van der Waals surface area contributed by atoms with Crippen molar-refractivity contribution < 1.29 is 5.11 Å². The van der Waals surface area contributed by atoms with E-state index >= 15 is 0 Å². The number of tetrazole rings is 1. The van der Waals surface area contributed by atoms with Gasteiger partial charge in [-0.15, -0.1) is 5.10 Å². The maximum Gasteiger partial charge on any atom is 0.143 e. The molecule has 24 heavy (non-hydrogen) atoms. The average Bonchev–Trinajstić information content (AvgIpc) is 3.14. The zero-order valence-corrected chi connectivity index (χ0v) is 13.8. The Morgan fingerprint density at radius 1 is 1.12 bits per heavy atom. The van der Waals surface area contributed by atoms with Gasteiger partial charge in [-0.25, -0.2) is 4.68 Å². The Hall–Kier alpha value is -2.57. The predicted molar refractivity (Wildman–Crippen MR) is 91.7 cm³/mol. The molecule has 2 aromatic carbocycles. The molecule has 0 aliphatic rings. The standard InChI is InChI=1S/C18H21N5O/c1-13-5-3-4-6-17(13)18(24)11-19-14(2)15-7-9-16(10-8-15)23-12-20-21-22-23/h3-10,12,14,18-19,24H,11H2,1-2H3. The van der Waals surface area contributed by atoms with E-state index in [1.807, 2.05) is 55.5 Å². The second-order valence-corrected chi connectivity index (χ2v) is 5.85. The van der Waals surface area contributed by atoms with Crippen LogP contribution in [0.1, 0.15) is 35.8 Å². The van der Waals surface area contributed by atoms with Crippen molar-refractivity contribution in [3.05, 3.63) is 71.5 Å². The van der Waals surface area contributed by atoms with Crippen LogP contribution in [0.4, 0.5) is 0 Å². The third kappa shape index (κ3) is 3.67. The van der Waals surface area contributed by atoms with Crippen LogP contribution in [0, 0.1) is 6.92 Å². The van der Waals surface area contributed by atoms with E-state index in [1.54, 1.807) is 11.0 Å². The van der Waals surface area contributed by atoms with Gasteiger partial charge in [0.25, 0.3) is 0 Å². The van der Waals surface area contributed by atoms with Crippen molar-refractivity contribution in [3.8, 4) is 5.69 Å². The van der Waals surface area contributed by atoms with Crippen LogP contribution in [0.2, 0.25) is 0 Å². The monoisotopic (exact) mass is 323 g/mol. The summed E-state index contributed by atoms with van der Waals surface area (Å²) in [5.41, 5.74) is 4.12. The molecule has 0 bridgehead atoms. The molecule has 0 saturated carbocycles. The highest BCUT2D eigenvalue weighted by molar-refractivity contribution is 5.34. The quantitative estimate of drug-likeness (QED) is 0.728. The van der Waals surface area contributed by atoms with Gasteiger partial charge < -0.3 is 10.4 Å². The Morgan fingerprint density at radius 3 is 2.54 bits per heavy atom. The van der Waals surface area contributed by atoms with E-state index in [4.69, 9.17) is 0 Å². The SMILES string of the molecule is Cc1ccccc1C(O)CNC(C)c1ccc(-n2cnnn2)cc1. The van der Waals surface area contributed by atoms with Gasteiger partial charge in [-0.2, -0.15) is 0 Å². The first-order valence-electron chi connectivity index (χ1n) is 7.95. The molecule has 0 saturated heterocycles. The number of aliphatic hydroxyl groups excluding tert-OH is 1. The van der Waals surface area contributed by atoms with Crippen LogP contribution in [-0.4, -0.2) is 31.9 Å². The maximum absolute atomic E-state index is 10.4. The summed E-state index contributed by atoms with van der Waals surface area (Å²) >= 11 is 0. The van der Waals surface area contributed by atoms with Crippen LogP contribution in [0.3, 0.4) is 0 Å². The fourth-order valence-corrected chi connectivity index (χ4v) is 2.67. The number of hydrogen-bond acceptors (Lipinski definition) is 5. The summed E-state index contributed by atoms with van der Waals surface area (Å²) in [5.74, 6) is 0. The molecule has 124 valence electrons. The number of nitrogens with zero attached hydrogens (tertiary/aromatic N) is 4. The topological polar surface area (TPSA) is 75.9 Å². The molecule has 2 unspecified atom stereocenters. The Balaban J connectivity index is 1.61. The third-order valence-electron chi connectivity index (χ3n) is 4.17. The van der Waals surface area contributed by atoms with Gasteiger partial charge >= 0.3 is 0 Å². The van der Waals surface area contributed by atoms with Crippen molar-refractivity contribution in [1.29, 1.82) is 0 Å². The highest BCUT2D eigenvalue weighted by atomic mass is 16.3. The van der Waals surface area contributed by atoms with E-state index < -0.39 is 6.10 Å². The van der Waals surface area contributed by atoms with Gasteiger partial charge in [0.1, 0.15) is 6.33 Å². The van der Waals surface area contributed by atoms with Crippen molar-refractivity contribution in [2.75, 3.05) is 6.54 Å². The first kappa shape index (κ1) is 16.3. The molecule has 1 heterocycles. The Bertz CT molecular complexity index is 770. The molecule has 0 aliphatic carbocycles. The normalized spacial score (nSPS) is 13.6. The van der Waals surface area contributed by atoms with E-state index in [0.717, 1.165) is 22.4 Å². The number of hydrogen-bond donors (Lipinski definition) is 2. The van der Waals surface area contributed by atoms with Crippen molar-refractivity contribution in [3.63, 3.8) is 0 Å². The highest BCUT2D eigenvalue weighted by Gasteiger charge is 2.12. The molecule has 2 N–H and O–H groups in total. The molecule has 6 heteroatoms. The van der Waals surface area contributed by atoms with E-state index in [2.05, 4.69) is 27.8 Å². The fourth-order valence-electron chi connectivity index (χ4n) is 2.67. The lowest BCUT2D eigenvalue weighted by molar-refractivity contribution is 0.170. The molecule has 0 spiro atoms. The van der Waals surface area contributed by atoms with E-state index in [-0.39, 0.29) is 6.04 Å². The average molecular weight is 323 g/mol. The molecule has 6 nitrogen and oxygen atoms in total. The van der Waals surface area contributed by atoms with Crippen LogP contribution in [0.15, 0.2) is 54.9 Å². The van der Waals surface area contributed by atoms with Crippen LogP contribution in [0.5, 0.6) is 0 Å². The van der Waals surface area contributed by atoms with Crippen molar-refractivity contribution in [1.82, 2.24) is 25.5 Å². The summed E-state index contributed by atoms with van der Waals surface area (Å²) < 4.78 is 1.61. The zero-order valence-electron chi connectivity index (χ0n) is 13.8. The van der Waals surface area contributed by atoms with E-state index in [0.29, 0.717) is 6.54 Å². The van der Waals surface area contributed by atoms with Crippen LogP contribution in [-0.2, 0) is 0 Å². The number of nitrogens with one attached hydrogen (secondary N) is 1. The molecule has 3 rings (SSSR count). The third-order valence-corrected chi connectivity index (χ3v) is 4.17. The van der Waals surface area contributed by atoms with E-state index in [1.165, 1.54) is 0 Å². The van der Waals surface area contributed by atoms with Crippen molar-refractivity contribution in [2.24, 2.45) is 0 Å². The van der Waals surface area contributed by atoms with Gasteiger partial charge in [0, 0.05) is 12.6 Å². The Labute approximate surface area is 141 Å². The number of aromatic nitrogens is 4. The summed E-state index contributed by atoms with van der Waals surface area (Å²) in [4.78, 5) is 0. The van der Waals surface area contributed by atoms with E-state index in [9.17, 15) is 5.11 Å². The summed E-state index contributed by atoms with van der Waals surface area (Å²) in [6, 6.07) is 16.1. The summed E-state index contributed by atoms with van der Waals surface area (Å²) in [6.45, 7) is 4.59. The number of benzene rings is 2. The number of aliphatic hydroxyl groups is 1. The molecule has 2 atom stereocenters.